The van der Waals surface area contributed by atoms with E-state index in [0.29, 0.717) is 6.61 Å². The monoisotopic (exact) mass is 484 g/mol. The zero-order valence-electron chi connectivity index (χ0n) is 18.8. The highest BCUT2D eigenvalue weighted by Gasteiger charge is 2.33. The summed E-state index contributed by atoms with van der Waals surface area (Å²) in [4.78, 5) is 7.47. The molecule has 0 amide bonds. The molecule has 1 aliphatic rings. The van der Waals surface area contributed by atoms with E-state index in [1.54, 1.807) is 34.9 Å². The van der Waals surface area contributed by atoms with E-state index >= 15 is 0 Å². The molecule has 0 saturated heterocycles. The van der Waals surface area contributed by atoms with Crippen molar-refractivity contribution in [3.8, 4) is 0 Å². The van der Waals surface area contributed by atoms with Crippen LogP contribution in [-0.2, 0) is 24.2 Å². The Hall–Kier alpha value is -1.61. The minimum Gasteiger partial charge on any atom is -0.369 e. The molecular formula is C24H28N4OS3. The van der Waals surface area contributed by atoms with Gasteiger partial charge in [-0.3, -0.25) is 0 Å². The minimum absolute atomic E-state index is 0.124. The number of aryl methyl sites for hydroxylation is 1. The molecule has 0 aliphatic carbocycles. The third kappa shape index (κ3) is 4.18. The van der Waals surface area contributed by atoms with Crippen molar-refractivity contribution in [2.24, 2.45) is 0 Å². The van der Waals surface area contributed by atoms with Gasteiger partial charge in [0, 0.05) is 22.8 Å². The molecule has 0 radical (unpaired) electrons. The second-order valence-electron chi connectivity index (χ2n) is 8.42. The van der Waals surface area contributed by atoms with Crippen molar-refractivity contribution in [2.75, 3.05) is 11.5 Å². The van der Waals surface area contributed by atoms with Gasteiger partial charge < -0.3 is 4.74 Å². The molecule has 1 aromatic carbocycles. The summed E-state index contributed by atoms with van der Waals surface area (Å²) < 4.78 is 8.41. The van der Waals surface area contributed by atoms with Crippen LogP contribution >= 0.6 is 34.9 Å². The third-order valence-corrected chi connectivity index (χ3v) is 9.24. The number of nitrogens with zero attached hydrogens (tertiary/aromatic N) is 4. The van der Waals surface area contributed by atoms with Crippen LogP contribution in [0.5, 0.6) is 0 Å². The van der Waals surface area contributed by atoms with E-state index in [0.717, 1.165) is 58.0 Å². The van der Waals surface area contributed by atoms with E-state index in [-0.39, 0.29) is 5.60 Å². The summed E-state index contributed by atoms with van der Waals surface area (Å²) in [5.74, 6) is 1.99. The summed E-state index contributed by atoms with van der Waals surface area (Å²) in [5.41, 5.74) is 3.54. The van der Waals surface area contributed by atoms with Crippen molar-refractivity contribution in [3.05, 3.63) is 46.3 Å². The molecular weight excluding hydrogens is 456 g/mol. The first-order valence-electron chi connectivity index (χ1n) is 11.2. The van der Waals surface area contributed by atoms with Crippen molar-refractivity contribution < 1.29 is 4.74 Å². The molecule has 0 unspecified atom stereocenters. The smallest absolute Gasteiger partial charge is 0.197 e. The van der Waals surface area contributed by atoms with Crippen molar-refractivity contribution in [1.29, 1.82) is 0 Å². The predicted octanol–water partition coefficient (Wildman–Crippen LogP) is 6.42. The molecule has 0 saturated carbocycles. The molecule has 8 heteroatoms. The van der Waals surface area contributed by atoms with Gasteiger partial charge in [-0.15, -0.1) is 21.5 Å². The molecule has 0 N–H and O–H groups in total. The van der Waals surface area contributed by atoms with Gasteiger partial charge in [-0.1, -0.05) is 67.7 Å². The lowest BCUT2D eigenvalue weighted by atomic mass is 9.90. The number of ether oxygens (including phenoxy) is 1. The Balaban J connectivity index is 1.55. The highest BCUT2D eigenvalue weighted by atomic mass is 32.2. The molecule has 3 aromatic heterocycles. The van der Waals surface area contributed by atoms with Gasteiger partial charge >= 0.3 is 0 Å². The SMILES string of the molecule is CCCSc1nc2sc3c(c2c2nnc(SCCc4ccccc4)n12)C[C@@](C)(CC)OC3. The zero-order chi connectivity index (χ0) is 22.1. The molecule has 1 atom stereocenters. The van der Waals surface area contributed by atoms with Crippen LogP contribution in [0.2, 0.25) is 0 Å². The van der Waals surface area contributed by atoms with Crippen molar-refractivity contribution in [1.82, 2.24) is 19.6 Å². The van der Waals surface area contributed by atoms with E-state index in [2.05, 4.69) is 60.6 Å². The molecule has 5 nitrogen and oxygen atoms in total. The van der Waals surface area contributed by atoms with Crippen molar-refractivity contribution in [2.45, 2.75) is 69.0 Å². The molecule has 5 rings (SSSR count). The zero-order valence-corrected chi connectivity index (χ0v) is 21.2. The lowest BCUT2D eigenvalue weighted by molar-refractivity contribution is -0.0542. The number of hydrogen-bond donors (Lipinski definition) is 0. The van der Waals surface area contributed by atoms with Crippen LogP contribution in [0.3, 0.4) is 0 Å². The van der Waals surface area contributed by atoms with Crippen LogP contribution in [-0.4, -0.2) is 36.7 Å². The normalized spacial score (nSPS) is 18.5. The number of fused-ring (bicyclic) bond motifs is 5. The lowest BCUT2D eigenvalue weighted by Gasteiger charge is -2.33. The fourth-order valence-corrected chi connectivity index (χ4v) is 7.01. The van der Waals surface area contributed by atoms with Crippen LogP contribution in [0.15, 0.2) is 40.6 Å². The average molecular weight is 485 g/mol. The van der Waals surface area contributed by atoms with Crippen LogP contribution in [0.1, 0.15) is 49.6 Å². The Morgan fingerprint density at radius 2 is 1.91 bits per heavy atom. The van der Waals surface area contributed by atoms with Gasteiger partial charge in [0.25, 0.3) is 0 Å². The van der Waals surface area contributed by atoms with Gasteiger partial charge in [0.05, 0.1) is 17.6 Å². The predicted molar refractivity (Wildman–Crippen MR) is 135 cm³/mol. The molecule has 4 heterocycles. The number of rotatable bonds is 8. The summed E-state index contributed by atoms with van der Waals surface area (Å²) >= 11 is 5.32. The van der Waals surface area contributed by atoms with Gasteiger partial charge in [0.1, 0.15) is 4.83 Å². The Morgan fingerprint density at radius 3 is 2.69 bits per heavy atom. The van der Waals surface area contributed by atoms with Crippen molar-refractivity contribution in [3.63, 3.8) is 0 Å². The highest BCUT2D eigenvalue weighted by molar-refractivity contribution is 7.99. The fraction of sp³-hybridized carbons (Fsp3) is 0.458. The second-order valence-corrected chi connectivity index (χ2v) is 11.6. The lowest BCUT2D eigenvalue weighted by Crippen LogP contribution is -2.33. The Kier molecular flexibility index (Phi) is 6.47. The number of benzene rings is 1. The Morgan fingerprint density at radius 1 is 1.09 bits per heavy atom. The first-order valence-corrected chi connectivity index (χ1v) is 14.0. The average Bonchev–Trinajstić information content (AvgIpc) is 3.39. The quantitative estimate of drug-likeness (QED) is 0.213. The number of aromatic nitrogens is 4. The van der Waals surface area contributed by atoms with Gasteiger partial charge in [-0.25, -0.2) is 9.38 Å². The van der Waals surface area contributed by atoms with Crippen LogP contribution < -0.4 is 0 Å². The summed E-state index contributed by atoms with van der Waals surface area (Å²) in [6.45, 7) is 7.28. The van der Waals surface area contributed by atoms with E-state index in [9.17, 15) is 0 Å². The van der Waals surface area contributed by atoms with Crippen LogP contribution in [0, 0.1) is 0 Å². The maximum atomic E-state index is 6.21. The minimum atomic E-state index is -0.124. The van der Waals surface area contributed by atoms with E-state index < -0.39 is 0 Å². The molecule has 4 aromatic rings. The number of thioether (sulfide) groups is 2. The van der Waals surface area contributed by atoms with Crippen LogP contribution in [0.25, 0.3) is 15.9 Å². The fourth-order valence-electron chi connectivity index (χ4n) is 4.03. The highest BCUT2D eigenvalue weighted by Crippen LogP contribution is 2.42. The summed E-state index contributed by atoms with van der Waals surface area (Å²) in [7, 11) is 0. The summed E-state index contributed by atoms with van der Waals surface area (Å²) in [5, 5.41) is 12.4. The topological polar surface area (TPSA) is 52.3 Å². The van der Waals surface area contributed by atoms with Crippen LogP contribution in [0.4, 0.5) is 0 Å². The first-order chi connectivity index (χ1) is 15.6. The van der Waals surface area contributed by atoms with E-state index in [1.165, 1.54) is 21.4 Å². The molecule has 168 valence electrons. The third-order valence-electron chi connectivity index (χ3n) is 6.07. The summed E-state index contributed by atoms with van der Waals surface area (Å²) in [6.07, 6.45) is 4.01. The summed E-state index contributed by atoms with van der Waals surface area (Å²) in [6, 6.07) is 10.6. The maximum Gasteiger partial charge on any atom is 0.197 e. The maximum absolute atomic E-state index is 6.21. The largest absolute Gasteiger partial charge is 0.369 e. The Labute approximate surface area is 201 Å². The first kappa shape index (κ1) is 22.2. The molecule has 0 bridgehead atoms. The molecule has 32 heavy (non-hydrogen) atoms. The second kappa shape index (κ2) is 9.33. The number of thiophene rings is 1. The molecule has 1 aliphatic heterocycles. The molecule has 0 fully saturated rings. The van der Waals surface area contributed by atoms with Crippen molar-refractivity contribution >= 4 is 50.7 Å². The van der Waals surface area contributed by atoms with E-state index in [1.807, 2.05) is 0 Å². The van der Waals surface area contributed by atoms with Gasteiger partial charge in [-0.05, 0) is 37.3 Å². The molecule has 0 spiro atoms. The van der Waals surface area contributed by atoms with E-state index in [4.69, 9.17) is 14.8 Å². The number of hydrogen-bond acceptors (Lipinski definition) is 7. The van der Waals surface area contributed by atoms with Gasteiger partial charge in [-0.2, -0.15) is 0 Å². The Bertz CT molecular complexity index is 1240. The van der Waals surface area contributed by atoms with Gasteiger partial charge in [0.2, 0.25) is 0 Å². The van der Waals surface area contributed by atoms with Gasteiger partial charge in [0.15, 0.2) is 16.0 Å². The standard InChI is InChI=1S/C24H28N4OS3/c1-4-12-30-22-25-21-19(17-14-24(3,5-2)29-15-18(17)32-21)20-26-27-23(28(20)22)31-13-11-16-9-7-6-8-10-16/h6-10H,4-5,11-15H2,1-3H3/t24-/m1/s1.